The number of esters is 1. The molecule has 158 valence electrons. The number of nitrogens with zero attached hydrogens (tertiary/aromatic N) is 1. The maximum Gasteiger partial charge on any atom is 0.348 e. The Hall–Kier alpha value is -3.17. The largest absolute Gasteiger partial charge is 0.490 e. The topological polar surface area (TPSA) is 77.8 Å². The highest BCUT2D eigenvalue weighted by molar-refractivity contribution is 6.32. The van der Waals surface area contributed by atoms with Gasteiger partial charge in [0.2, 0.25) is 0 Å². The van der Waals surface area contributed by atoms with Gasteiger partial charge in [-0.3, -0.25) is 0 Å². The molecule has 0 aliphatic carbocycles. The van der Waals surface area contributed by atoms with Crippen molar-refractivity contribution in [3.63, 3.8) is 0 Å². The average molecular weight is 430 g/mol. The number of aryl methyl sites for hydroxylation is 1. The van der Waals surface area contributed by atoms with Crippen LogP contribution < -0.4 is 14.2 Å². The number of hydrogen-bond acceptors (Lipinski definition) is 6. The molecule has 0 amide bonds. The monoisotopic (exact) mass is 429 g/mol. The van der Waals surface area contributed by atoms with E-state index in [0.717, 1.165) is 11.3 Å². The molecule has 0 bridgehead atoms. The molecule has 0 heterocycles. The van der Waals surface area contributed by atoms with Crippen LogP contribution in [0.1, 0.15) is 25.0 Å². The van der Waals surface area contributed by atoms with Gasteiger partial charge in [0.15, 0.2) is 11.5 Å². The second kappa shape index (κ2) is 11.7. The van der Waals surface area contributed by atoms with Crippen molar-refractivity contribution in [2.24, 2.45) is 0 Å². The number of ether oxygens (including phenoxy) is 4. The molecule has 0 saturated carbocycles. The first-order chi connectivity index (χ1) is 14.5. The zero-order chi connectivity index (χ0) is 21.9. The Morgan fingerprint density at radius 3 is 2.40 bits per heavy atom. The molecule has 0 N–H and O–H groups in total. The van der Waals surface area contributed by atoms with Crippen LogP contribution in [0.4, 0.5) is 0 Å². The van der Waals surface area contributed by atoms with E-state index in [1.807, 2.05) is 44.2 Å². The van der Waals surface area contributed by atoms with Crippen LogP contribution in [0.5, 0.6) is 17.2 Å². The maximum absolute atomic E-state index is 11.8. The lowest BCUT2D eigenvalue weighted by atomic mass is 10.1. The number of benzene rings is 2. The molecule has 6 nitrogen and oxygen atoms in total. The first kappa shape index (κ1) is 23.1. The molecule has 0 aliphatic rings. The van der Waals surface area contributed by atoms with Crippen LogP contribution in [0.2, 0.25) is 5.02 Å². The van der Waals surface area contributed by atoms with Gasteiger partial charge >= 0.3 is 5.97 Å². The molecule has 0 unspecified atom stereocenters. The number of nitriles is 1. The predicted molar refractivity (Wildman–Crippen MR) is 115 cm³/mol. The lowest BCUT2D eigenvalue weighted by molar-refractivity contribution is -0.137. The molecule has 0 aromatic heterocycles. The fraction of sp³-hybridized carbons (Fsp3) is 0.304. The second-order valence-corrected chi connectivity index (χ2v) is 6.57. The minimum absolute atomic E-state index is 0.129. The van der Waals surface area contributed by atoms with Gasteiger partial charge in [-0.05, 0) is 56.7 Å². The van der Waals surface area contributed by atoms with Crippen LogP contribution in [0.3, 0.4) is 0 Å². The predicted octanol–water partition coefficient (Wildman–Crippen LogP) is 4.98. The van der Waals surface area contributed by atoms with Gasteiger partial charge in [0.25, 0.3) is 0 Å². The summed E-state index contributed by atoms with van der Waals surface area (Å²) in [6.07, 6.45) is 1.40. The Bertz CT molecular complexity index is 932. The van der Waals surface area contributed by atoms with E-state index in [9.17, 15) is 10.1 Å². The smallest absolute Gasteiger partial charge is 0.348 e. The third-order valence-electron chi connectivity index (χ3n) is 3.88. The van der Waals surface area contributed by atoms with Crippen LogP contribution in [0.15, 0.2) is 42.0 Å². The van der Waals surface area contributed by atoms with Crippen molar-refractivity contribution >= 4 is 23.6 Å². The van der Waals surface area contributed by atoms with Gasteiger partial charge in [0.05, 0.1) is 18.2 Å². The molecular weight excluding hydrogens is 406 g/mol. The lowest BCUT2D eigenvalue weighted by Crippen LogP contribution is -2.10. The highest BCUT2D eigenvalue weighted by Gasteiger charge is 2.15. The molecular formula is C23H24ClNO5. The van der Waals surface area contributed by atoms with Gasteiger partial charge in [-0.15, -0.1) is 0 Å². The van der Waals surface area contributed by atoms with Crippen LogP contribution in [0.25, 0.3) is 6.08 Å². The van der Waals surface area contributed by atoms with Gasteiger partial charge in [-0.2, -0.15) is 5.26 Å². The van der Waals surface area contributed by atoms with Gasteiger partial charge < -0.3 is 18.9 Å². The number of rotatable bonds is 10. The fourth-order valence-electron chi connectivity index (χ4n) is 2.52. The van der Waals surface area contributed by atoms with Crippen molar-refractivity contribution in [3.05, 3.63) is 58.1 Å². The lowest BCUT2D eigenvalue weighted by Gasteiger charge is -2.15. The van der Waals surface area contributed by atoms with Crippen LogP contribution in [-0.2, 0) is 9.53 Å². The second-order valence-electron chi connectivity index (χ2n) is 6.16. The van der Waals surface area contributed by atoms with Gasteiger partial charge in [-0.1, -0.05) is 29.3 Å². The SMILES string of the molecule is CCOC(=O)/C(C#N)=C\c1cc(Cl)c(OCCOc2ccc(C)cc2)c(OCC)c1. The summed E-state index contributed by atoms with van der Waals surface area (Å²) in [7, 11) is 0. The van der Waals surface area contributed by atoms with E-state index >= 15 is 0 Å². The third-order valence-corrected chi connectivity index (χ3v) is 4.16. The Balaban J connectivity index is 2.12. The Kier molecular flexibility index (Phi) is 9.04. The van der Waals surface area contributed by atoms with E-state index in [4.69, 9.17) is 30.5 Å². The molecule has 0 fully saturated rings. The molecule has 0 saturated heterocycles. The Morgan fingerprint density at radius 1 is 1.07 bits per heavy atom. The zero-order valence-corrected chi connectivity index (χ0v) is 18.0. The molecule has 30 heavy (non-hydrogen) atoms. The normalized spacial score (nSPS) is 10.8. The first-order valence-corrected chi connectivity index (χ1v) is 9.93. The maximum atomic E-state index is 11.8. The molecule has 0 atom stereocenters. The van der Waals surface area contributed by atoms with Gasteiger partial charge in [-0.25, -0.2) is 4.79 Å². The van der Waals surface area contributed by atoms with E-state index in [1.54, 1.807) is 19.1 Å². The van der Waals surface area contributed by atoms with Gasteiger partial charge in [0, 0.05) is 0 Å². The number of hydrogen-bond donors (Lipinski definition) is 0. The summed E-state index contributed by atoms with van der Waals surface area (Å²) in [6.45, 7) is 6.67. The molecule has 0 spiro atoms. The Morgan fingerprint density at radius 2 is 1.77 bits per heavy atom. The Labute approximate surface area is 181 Å². The van der Waals surface area contributed by atoms with Crippen molar-refractivity contribution < 1.29 is 23.7 Å². The summed E-state index contributed by atoms with van der Waals surface area (Å²) in [4.78, 5) is 11.8. The van der Waals surface area contributed by atoms with E-state index in [1.165, 1.54) is 6.08 Å². The standard InChI is InChI=1S/C23H24ClNO5/c1-4-27-21-14-17(12-18(15-25)23(26)28-5-2)13-20(24)22(21)30-11-10-29-19-8-6-16(3)7-9-19/h6-9,12-14H,4-5,10-11H2,1-3H3/b18-12-. The summed E-state index contributed by atoms with van der Waals surface area (Å²) in [5.74, 6) is 0.844. The third kappa shape index (κ3) is 6.71. The quantitative estimate of drug-likeness (QED) is 0.229. The molecule has 2 aromatic carbocycles. The number of carbonyl (C=O) groups is 1. The number of halogens is 1. The van der Waals surface area contributed by atoms with Crippen molar-refractivity contribution in [1.29, 1.82) is 5.26 Å². The zero-order valence-electron chi connectivity index (χ0n) is 17.2. The minimum atomic E-state index is -0.692. The van der Waals surface area contributed by atoms with Gasteiger partial charge in [0.1, 0.15) is 30.6 Å². The summed E-state index contributed by atoms with van der Waals surface area (Å²) in [6, 6.07) is 12.8. The van der Waals surface area contributed by atoms with E-state index in [0.29, 0.717) is 35.3 Å². The van der Waals surface area contributed by atoms with E-state index < -0.39 is 5.97 Å². The molecule has 2 aromatic rings. The summed E-state index contributed by atoms with van der Waals surface area (Å²) < 4.78 is 21.9. The molecule has 7 heteroatoms. The molecule has 0 aliphatic heterocycles. The molecule has 2 rings (SSSR count). The fourth-order valence-corrected chi connectivity index (χ4v) is 2.80. The summed E-state index contributed by atoms with van der Waals surface area (Å²) >= 11 is 6.38. The minimum Gasteiger partial charge on any atom is -0.490 e. The first-order valence-electron chi connectivity index (χ1n) is 9.56. The number of carbonyl (C=O) groups excluding carboxylic acids is 1. The van der Waals surface area contributed by atoms with Crippen molar-refractivity contribution in [3.8, 4) is 23.3 Å². The van der Waals surface area contributed by atoms with Crippen molar-refractivity contribution in [2.75, 3.05) is 26.4 Å². The van der Waals surface area contributed by atoms with Crippen LogP contribution in [-0.4, -0.2) is 32.4 Å². The average Bonchev–Trinajstić information content (AvgIpc) is 2.72. The van der Waals surface area contributed by atoms with E-state index in [2.05, 4.69) is 0 Å². The van der Waals surface area contributed by atoms with Crippen LogP contribution in [0, 0.1) is 18.3 Å². The van der Waals surface area contributed by atoms with Crippen molar-refractivity contribution in [1.82, 2.24) is 0 Å². The summed E-state index contributed by atoms with van der Waals surface area (Å²) in [5, 5.41) is 9.51. The highest BCUT2D eigenvalue weighted by Crippen LogP contribution is 2.37. The summed E-state index contributed by atoms with van der Waals surface area (Å²) in [5.41, 5.74) is 1.55. The van der Waals surface area contributed by atoms with E-state index in [-0.39, 0.29) is 18.8 Å². The highest BCUT2D eigenvalue weighted by atomic mass is 35.5. The molecule has 0 radical (unpaired) electrons. The van der Waals surface area contributed by atoms with Crippen molar-refractivity contribution in [2.45, 2.75) is 20.8 Å². The van der Waals surface area contributed by atoms with Crippen LogP contribution >= 0.6 is 11.6 Å².